The number of fused-ring (bicyclic) bond motifs is 7. The van der Waals surface area contributed by atoms with E-state index in [4.69, 9.17) is 20.8 Å². The zero-order valence-electron chi connectivity index (χ0n) is 29.8. The number of nitrogens with zero attached hydrogens (tertiary/aromatic N) is 5. The minimum absolute atomic E-state index is 0.0178. The van der Waals surface area contributed by atoms with E-state index in [0.717, 1.165) is 40.9 Å². The van der Waals surface area contributed by atoms with Crippen LogP contribution in [-0.2, 0) is 23.7 Å². The Bertz CT molecular complexity index is 1690. The lowest BCUT2D eigenvalue weighted by atomic mass is 9.60. The molecule has 46 heavy (non-hydrogen) atoms. The summed E-state index contributed by atoms with van der Waals surface area (Å²) in [5.41, 5.74) is 7.13. The molecule has 0 aromatic carbocycles. The Kier molecular flexibility index (Phi) is 8.72. The molecule has 0 fully saturated rings. The van der Waals surface area contributed by atoms with Gasteiger partial charge in [-0.15, -0.1) is 0 Å². The largest absolute Gasteiger partial charge is 0.431 e. The monoisotopic (exact) mass is 636 g/mol. The van der Waals surface area contributed by atoms with E-state index in [9.17, 15) is 13.2 Å². The Labute approximate surface area is 272 Å². The van der Waals surface area contributed by atoms with Gasteiger partial charge in [0.2, 0.25) is 0 Å². The molecular weight excluding hydrogens is 585 g/mol. The van der Waals surface area contributed by atoms with Gasteiger partial charge in [-0.05, 0) is 79.8 Å². The lowest BCUT2D eigenvalue weighted by Crippen LogP contribution is -2.41. The average Bonchev–Trinajstić information content (AvgIpc) is 3.27. The van der Waals surface area contributed by atoms with Crippen LogP contribution in [0.1, 0.15) is 117 Å². The molecule has 0 atom stereocenters. The first-order valence-corrected chi connectivity index (χ1v) is 15.9. The van der Waals surface area contributed by atoms with E-state index >= 15 is 0 Å². The van der Waals surface area contributed by atoms with E-state index in [1.807, 2.05) is 33.0 Å². The van der Waals surface area contributed by atoms with Crippen molar-refractivity contribution in [3.8, 4) is 5.82 Å². The Morgan fingerprint density at radius 3 is 1.83 bits per heavy atom. The van der Waals surface area contributed by atoms with Gasteiger partial charge in [-0.3, -0.25) is 0 Å². The van der Waals surface area contributed by atoms with Crippen molar-refractivity contribution in [2.24, 2.45) is 27.0 Å². The van der Waals surface area contributed by atoms with Crippen molar-refractivity contribution < 1.29 is 13.2 Å². The average molecular weight is 637 g/mol. The first-order valence-electron chi connectivity index (χ1n) is 15.9. The molecule has 2 N–H and O–H groups in total. The topological polar surface area (TPSA) is 82.0 Å². The van der Waals surface area contributed by atoms with Crippen LogP contribution in [0, 0.1) is 23.2 Å². The number of aliphatic imine (C=N–C) groups is 1. The summed E-state index contributed by atoms with van der Waals surface area (Å²) < 4.78 is 44.8. The van der Waals surface area contributed by atoms with Gasteiger partial charge >= 0.3 is 6.18 Å². The van der Waals surface area contributed by atoms with Gasteiger partial charge in [0.25, 0.3) is 0 Å². The van der Waals surface area contributed by atoms with E-state index in [1.165, 1.54) is 6.21 Å². The van der Waals surface area contributed by atoms with Crippen molar-refractivity contribution in [1.29, 1.82) is 0 Å². The number of pyridine rings is 2. The highest BCUT2D eigenvalue weighted by Crippen LogP contribution is 2.49. The second kappa shape index (κ2) is 11.3. The van der Waals surface area contributed by atoms with Crippen LogP contribution in [0.25, 0.3) is 5.82 Å². The minimum Gasteiger partial charge on any atom is -0.394 e. The summed E-state index contributed by atoms with van der Waals surface area (Å²) in [6, 6.07) is 8.14. The van der Waals surface area contributed by atoms with Crippen LogP contribution in [-0.4, -0.2) is 32.1 Å². The van der Waals surface area contributed by atoms with Gasteiger partial charge in [-0.2, -0.15) is 18.3 Å². The number of halogens is 3. The number of rotatable bonds is 2. The second-order valence-electron chi connectivity index (χ2n) is 16.9. The third-order valence-electron chi connectivity index (χ3n) is 9.46. The fourth-order valence-electron chi connectivity index (χ4n) is 6.24. The summed E-state index contributed by atoms with van der Waals surface area (Å²) >= 11 is 0. The molecule has 1 aliphatic rings. The van der Waals surface area contributed by atoms with Crippen LogP contribution in [0.15, 0.2) is 46.7 Å². The summed E-state index contributed by atoms with van der Waals surface area (Å²) in [5.74, 6) is 0.977. The summed E-state index contributed by atoms with van der Waals surface area (Å²) in [5, 5.41) is 4.87. The zero-order chi connectivity index (χ0) is 34.8. The molecule has 1 aliphatic heterocycles. The summed E-state index contributed by atoms with van der Waals surface area (Å²) in [7, 11) is 0. The molecule has 0 spiro atoms. The molecule has 3 aromatic rings. The van der Waals surface area contributed by atoms with Gasteiger partial charge in [0, 0.05) is 39.8 Å². The fraction of sp³-hybridized carbons (Fsp3) is 0.568. The van der Waals surface area contributed by atoms with E-state index in [2.05, 4.69) is 78.6 Å². The number of hydrogen-bond acceptors (Lipinski definition) is 5. The maximum Gasteiger partial charge on any atom is 0.431 e. The van der Waals surface area contributed by atoms with Crippen LogP contribution >= 0.6 is 0 Å². The third-order valence-corrected chi connectivity index (χ3v) is 9.46. The van der Waals surface area contributed by atoms with Crippen LogP contribution in [0.2, 0.25) is 0 Å². The van der Waals surface area contributed by atoms with Gasteiger partial charge in [0.05, 0.1) is 17.1 Å². The number of aromatic nitrogens is 4. The highest BCUT2D eigenvalue weighted by atomic mass is 19.4. The van der Waals surface area contributed by atoms with Gasteiger partial charge < -0.3 is 5.73 Å². The highest BCUT2D eigenvalue weighted by Gasteiger charge is 2.47. The zero-order valence-corrected chi connectivity index (χ0v) is 29.8. The Morgan fingerprint density at radius 2 is 1.30 bits per heavy atom. The number of alkyl halides is 3. The van der Waals surface area contributed by atoms with E-state index in [0.29, 0.717) is 17.3 Å². The molecule has 0 saturated heterocycles. The number of allylic oxidation sites excluding steroid dienone is 2. The van der Waals surface area contributed by atoms with Crippen LogP contribution in [0.5, 0.6) is 0 Å². The first kappa shape index (κ1) is 35.4. The van der Waals surface area contributed by atoms with Crippen LogP contribution < -0.4 is 5.73 Å². The van der Waals surface area contributed by atoms with Crippen molar-refractivity contribution in [3.05, 3.63) is 75.5 Å². The molecule has 0 aliphatic carbocycles. The van der Waals surface area contributed by atoms with Crippen molar-refractivity contribution in [3.63, 3.8) is 0 Å². The quantitative estimate of drug-likeness (QED) is 0.304. The number of aryl methyl sites for hydroxylation is 1. The summed E-state index contributed by atoms with van der Waals surface area (Å²) in [6.07, 6.45) is -0.0449. The Hall–Kier alpha value is -3.49. The Morgan fingerprint density at radius 1 is 0.783 bits per heavy atom. The SMILES string of the molecule is Cc1nn2cc1C(C)(C)C(C)(C)C(=C(N)C(F)(F)F)C=Nc1cc(CC(C)(C)C)cc(n1)C(C)(C)c1cc(CC(C)(C)C)cc-2n1. The van der Waals surface area contributed by atoms with E-state index in [1.54, 1.807) is 18.5 Å². The molecule has 3 aromatic heterocycles. The maximum absolute atomic E-state index is 14.4. The fourth-order valence-corrected chi connectivity index (χ4v) is 6.24. The molecule has 0 radical (unpaired) electrons. The first-order chi connectivity index (χ1) is 20.7. The molecule has 6 nitrogen and oxygen atoms in total. The molecule has 0 unspecified atom stereocenters. The minimum atomic E-state index is -4.75. The molecule has 9 heteroatoms. The van der Waals surface area contributed by atoms with Crippen molar-refractivity contribution >= 4 is 12.0 Å². The van der Waals surface area contributed by atoms with Gasteiger partial charge in [0.1, 0.15) is 5.70 Å². The lowest BCUT2D eigenvalue weighted by molar-refractivity contribution is -0.0942. The predicted octanol–water partition coefficient (Wildman–Crippen LogP) is 9.27. The Balaban J connectivity index is 2.16. The maximum atomic E-state index is 14.4. The van der Waals surface area contributed by atoms with Gasteiger partial charge in [-0.25, -0.2) is 19.6 Å². The standard InChI is InChI=1S/C37H51F3N6/c1-22-26-21-46(45-22)30-17-24(19-33(5,6)7)15-28(44-30)34(8,9)27-14-23(18-32(2,3)4)16-29(43-27)42-20-25(31(41)37(38,39)40)35(10,11)36(26,12)13/h14-17,20-21H,18-19,41H2,1-13H3. The molecular formula is C37H51F3N6. The van der Waals surface area contributed by atoms with Crippen LogP contribution in [0.4, 0.5) is 19.0 Å². The number of nitrogens with two attached hydrogens (primary N) is 1. The predicted molar refractivity (Wildman–Crippen MR) is 181 cm³/mol. The smallest absolute Gasteiger partial charge is 0.394 e. The molecule has 4 rings (SSSR count). The van der Waals surface area contributed by atoms with E-state index < -0.39 is 28.1 Å². The van der Waals surface area contributed by atoms with Crippen molar-refractivity contribution in [1.82, 2.24) is 19.7 Å². The second-order valence-corrected chi connectivity index (χ2v) is 16.9. The summed E-state index contributed by atoms with van der Waals surface area (Å²) in [4.78, 5) is 14.8. The van der Waals surface area contributed by atoms with Crippen molar-refractivity contribution in [2.45, 2.75) is 120 Å². The summed E-state index contributed by atoms with van der Waals surface area (Å²) in [6.45, 7) is 26.5. The normalized spacial score (nSPS) is 19.0. The highest BCUT2D eigenvalue weighted by molar-refractivity contribution is 5.84. The molecule has 4 heterocycles. The van der Waals surface area contributed by atoms with Gasteiger partial charge in [0.15, 0.2) is 11.6 Å². The third kappa shape index (κ3) is 7.08. The van der Waals surface area contributed by atoms with Crippen molar-refractivity contribution in [2.75, 3.05) is 0 Å². The van der Waals surface area contributed by atoms with E-state index in [-0.39, 0.29) is 16.4 Å². The number of hydrogen-bond donors (Lipinski definition) is 1. The van der Waals surface area contributed by atoms with Gasteiger partial charge in [-0.1, -0.05) is 69.2 Å². The lowest BCUT2D eigenvalue weighted by Gasteiger charge is -2.43. The molecule has 250 valence electrons. The molecule has 0 amide bonds. The van der Waals surface area contributed by atoms with Crippen LogP contribution in [0.3, 0.4) is 0 Å². The molecule has 0 saturated carbocycles. The molecule has 6 bridgehead atoms.